The van der Waals surface area contributed by atoms with Crippen LogP contribution < -0.4 is 9.80 Å². The zero-order valence-electron chi connectivity index (χ0n) is 18.3. The highest BCUT2D eigenvalue weighted by atomic mass is 15.3. The zero-order chi connectivity index (χ0) is 21.1. The Morgan fingerprint density at radius 2 is 1.47 bits per heavy atom. The number of piperazine rings is 1. The minimum Gasteiger partial charge on any atom is -0.368 e. The van der Waals surface area contributed by atoms with Crippen LogP contribution in [0.1, 0.15) is 17.0 Å². The van der Waals surface area contributed by atoms with E-state index in [9.17, 15) is 0 Å². The third-order valence-corrected chi connectivity index (χ3v) is 5.39. The van der Waals surface area contributed by atoms with Gasteiger partial charge in [0.25, 0.3) is 0 Å². The summed E-state index contributed by atoms with van der Waals surface area (Å²) in [5, 5.41) is 0. The van der Waals surface area contributed by atoms with Crippen molar-refractivity contribution in [3.8, 4) is 11.1 Å². The molecule has 0 bridgehead atoms. The minimum atomic E-state index is 0.810. The van der Waals surface area contributed by atoms with Crippen LogP contribution in [0.25, 0.3) is 11.1 Å². The van der Waals surface area contributed by atoms with Crippen LogP contribution >= 0.6 is 0 Å². The fourth-order valence-electron chi connectivity index (χ4n) is 4.01. The van der Waals surface area contributed by atoms with Gasteiger partial charge in [0.15, 0.2) is 0 Å². The molecule has 1 saturated heterocycles. The molecule has 0 atom stereocenters. The molecule has 1 aromatic carbocycles. The van der Waals surface area contributed by atoms with Crippen LogP contribution in [0, 0.1) is 13.8 Å². The van der Waals surface area contributed by atoms with Crippen molar-refractivity contribution in [2.24, 2.45) is 0 Å². The molecule has 2 aromatic heterocycles. The van der Waals surface area contributed by atoms with Crippen molar-refractivity contribution in [1.29, 1.82) is 0 Å². The second kappa shape index (κ2) is 8.79. The third-order valence-electron chi connectivity index (χ3n) is 5.39. The maximum absolute atomic E-state index is 4.67. The molecule has 0 amide bonds. The van der Waals surface area contributed by atoms with Crippen molar-refractivity contribution in [2.75, 3.05) is 50.1 Å². The Kier molecular flexibility index (Phi) is 5.95. The lowest BCUT2D eigenvalue weighted by molar-refractivity contribution is 0.402. The van der Waals surface area contributed by atoms with Gasteiger partial charge in [-0.05, 0) is 57.3 Å². The summed E-state index contributed by atoms with van der Waals surface area (Å²) in [6.07, 6.45) is 3.89. The van der Waals surface area contributed by atoms with E-state index in [-0.39, 0.29) is 0 Å². The molecule has 3 aromatic rings. The lowest BCUT2D eigenvalue weighted by Gasteiger charge is -2.36. The molecule has 0 N–H and O–H groups in total. The predicted octanol–water partition coefficient (Wildman–Crippen LogP) is 3.54. The van der Waals surface area contributed by atoms with Crippen LogP contribution in [0.2, 0.25) is 0 Å². The first-order valence-electron chi connectivity index (χ1n) is 10.5. The number of hydrogen-bond donors (Lipinski definition) is 0. The number of pyridine rings is 1. The summed E-state index contributed by atoms with van der Waals surface area (Å²) in [4.78, 5) is 20.7. The number of rotatable bonds is 5. The first-order chi connectivity index (χ1) is 14.5. The summed E-state index contributed by atoms with van der Waals surface area (Å²) in [7, 11) is 4.17. The molecular weight excluding hydrogens is 372 g/mol. The highest BCUT2D eigenvalue weighted by Gasteiger charge is 2.19. The SMILES string of the molecule is Cc1cc(N2CCN(c3ncc(-c4cccc(CN(C)C)c4)cn3)CC2)cc(C)n1. The van der Waals surface area contributed by atoms with Crippen molar-refractivity contribution in [3.05, 3.63) is 65.7 Å². The van der Waals surface area contributed by atoms with Gasteiger partial charge < -0.3 is 14.7 Å². The van der Waals surface area contributed by atoms with E-state index in [4.69, 9.17) is 0 Å². The topological polar surface area (TPSA) is 48.4 Å². The summed E-state index contributed by atoms with van der Waals surface area (Å²) in [6.45, 7) is 8.78. The normalized spacial score (nSPS) is 14.4. The molecule has 3 heterocycles. The van der Waals surface area contributed by atoms with Crippen molar-refractivity contribution in [2.45, 2.75) is 20.4 Å². The first-order valence-corrected chi connectivity index (χ1v) is 10.5. The Morgan fingerprint density at radius 3 is 2.10 bits per heavy atom. The number of anilines is 2. The van der Waals surface area contributed by atoms with E-state index in [2.05, 4.69) is 94.0 Å². The summed E-state index contributed by atoms with van der Waals surface area (Å²) in [5.41, 5.74) is 6.91. The third kappa shape index (κ3) is 4.76. The van der Waals surface area contributed by atoms with E-state index in [0.717, 1.165) is 61.2 Å². The fraction of sp³-hybridized carbons (Fsp3) is 0.375. The smallest absolute Gasteiger partial charge is 0.225 e. The molecule has 0 saturated carbocycles. The lowest BCUT2D eigenvalue weighted by Crippen LogP contribution is -2.47. The van der Waals surface area contributed by atoms with Crippen molar-refractivity contribution < 1.29 is 0 Å². The number of aryl methyl sites for hydroxylation is 2. The molecule has 4 rings (SSSR count). The van der Waals surface area contributed by atoms with E-state index in [1.807, 2.05) is 12.4 Å². The summed E-state index contributed by atoms with van der Waals surface area (Å²) >= 11 is 0. The molecule has 1 aliphatic heterocycles. The van der Waals surface area contributed by atoms with Crippen LogP contribution in [0.4, 0.5) is 11.6 Å². The number of hydrogen-bond acceptors (Lipinski definition) is 6. The quantitative estimate of drug-likeness (QED) is 0.651. The van der Waals surface area contributed by atoms with E-state index >= 15 is 0 Å². The monoisotopic (exact) mass is 402 g/mol. The van der Waals surface area contributed by atoms with E-state index < -0.39 is 0 Å². The van der Waals surface area contributed by atoms with Crippen molar-refractivity contribution in [1.82, 2.24) is 19.9 Å². The minimum absolute atomic E-state index is 0.810. The standard InChI is InChI=1S/C24H30N6/c1-18-12-23(13-19(2)27-18)29-8-10-30(11-9-29)24-25-15-22(16-26-24)21-7-5-6-20(14-21)17-28(3)4/h5-7,12-16H,8-11,17H2,1-4H3. The summed E-state index contributed by atoms with van der Waals surface area (Å²) < 4.78 is 0. The second-order valence-electron chi connectivity index (χ2n) is 8.29. The molecule has 0 unspecified atom stereocenters. The highest BCUT2D eigenvalue weighted by Crippen LogP contribution is 2.23. The van der Waals surface area contributed by atoms with Crippen molar-refractivity contribution in [3.63, 3.8) is 0 Å². The predicted molar refractivity (Wildman–Crippen MR) is 123 cm³/mol. The molecule has 30 heavy (non-hydrogen) atoms. The maximum Gasteiger partial charge on any atom is 0.225 e. The van der Waals surface area contributed by atoms with Gasteiger partial charge in [0, 0.05) is 67.8 Å². The molecule has 6 nitrogen and oxygen atoms in total. The molecular formula is C24H30N6. The van der Waals surface area contributed by atoms with Gasteiger partial charge in [-0.2, -0.15) is 0 Å². The largest absolute Gasteiger partial charge is 0.368 e. The molecule has 0 aliphatic carbocycles. The Morgan fingerprint density at radius 1 is 0.833 bits per heavy atom. The Bertz CT molecular complexity index is 971. The van der Waals surface area contributed by atoms with Crippen LogP contribution in [-0.4, -0.2) is 60.1 Å². The van der Waals surface area contributed by atoms with E-state index in [0.29, 0.717) is 0 Å². The Labute approximate surface area is 179 Å². The molecule has 1 fully saturated rings. The zero-order valence-corrected chi connectivity index (χ0v) is 18.3. The Hall–Kier alpha value is -2.99. The van der Waals surface area contributed by atoms with E-state index in [1.165, 1.54) is 11.3 Å². The highest BCUT2D eigenvalue weighted by molar-refractivity contribution is 5.63. The van der Waals surface area contributed by atoms with Crippen LogP contribution in [-0.2, 0) is 6.54 Å². The van der Waals surface area contributed by atoms with Gasteiger partial charge in [0.1, 0.15) is 0 Å². The fourth-order valence-corrected chi connectivity index (χ4v) is 4.01. The molecule has 1 aliphatic rings. The van der Waals surface area contributed by atoms with Crippen LogP contribution in [0.15, 0.2) is 48.8 Å². The average molecular weight is 403 g/mol. The van der Waals surface area contributed by atoms with Crippen LogP contribution in [0.5, 0.6) is 0 Å². The first kappa shape index (κ1) is 20.3. The van der Waals surface area contributed by atoms with E-state index in [1.54, 1.807) is 0 Å². The molecule has 6 heteroatoms. The lowest BCUT2D eigenvalue weighted by atomic mass is 10.1. The van der Waals surface area contributed by atoms with Crippen LogP contribution in [0.3, 0.4) is 0 Å². The van der Waals surface area contributed by atoms with Crippen molar-refractivity contribution >= 4 is 11.6 Å². The summed E-state index contributed by atoms with van der Waals surface area (Å²) in [5.74, 6) is 0.810. The average Bonchev–Trinajstić information content (AvgIpc) is 2.73. The number of benzene rings is 1. The van der Waals surface area contributed by atoms with Gasteiger partial charge in [-0.25, -0.2) is 9.97 Å². The number of aromatic nitrogens is 3. The van der Waals surface area contributed by atoms with Gasteiger partial charge in [0.2, 0.25) is 5.95 Å². The van der Waals surface area contributed by atoms with Gasteiger partial charge in [-0.3, -0.25) is 4.98 Å². The molecule has 0 spiro atoms. The molecule has 156 valence electrons. The van der Waals surface area contributed by atoms with Gasteiger partial charge in [-0.1, -0.05) is 18.2 Å². The maximum atomic E-state index is 4.67. The Balaban J connectivity index is 1.42. The van der Waals surface area contributed by atoms with Gasteiger partial charge in [-0.15, -0.1) is 0 Å². The number of nitrogens with zero attached hydrogens (tertiary/aromatic N) is 6. The van der Waals surface area contributed by atoms with Gasteiger partial charge in [0.05, 0.1) is 0 Å². The second-order valence-corrected chi connectivity index (χ2v) is 8.29. The van der Waals surface area contributed by atoms with Gasteiger partial charge >= 0.3 is 0 Å². The summed E-state index contributed by atoms with van der Waals surface area (Å²) in [6, 6.07) is 12.9. The molecule has 0 radical (unpaired) electrons.